The molecule has 3 nitrogen and oxygen atoms in total. The minimum Gasteiger partial charge on any atom is -0.396 e. The van der Waals surface area contributed by atoms with Crippen molar-refractivity contribution in [2.45, 2.75) is 122 Å². The zero-order valence-electron chi connectivity index (χ0n) is 20.1. The van der Waals surface area contributed by atoms with E-state index >= 15 is 0 Å². The van der Waals surface area contributed by atoms with Crippen LogP contribution >= 0.6 is 0 Å². The van der Waals surface area contributed by atoms with Gasteiger partial charge in [-0.05, 0) is 131 Å². The van der Waals surface area contributed by atoms with Gasteiger partial charge in [-0.25, -0.2) is 0 Å². The monoisotopic (exact) mass is 420 g/mol. The molecule has 30 heavy (non-hydrogen) atoms. The molecule has 0 aromatic heterocycles. The minimum atomic E-state index is -0.708. The van der Waals surface area contributed by atoms with Crippen LogP contribution in [-0.4, -0.2) is 33.1 Å². The highest BCUT2D eigenvalue weighted by molar-refractivity contribution is 5.10. The highest BCUT2D eigenvalue weighted by Crippen LogP contribution is 2.68. The molecular weight excluding hydrogens is 372 g/mol. The van der Waals surface area contributed by atoms with E-state index in [-0.39, 0.29) is 6.61 Å². The van der Waals surface area contributed by atoms with Gasteiger partial charge >= 0.3 is 0 Å². The zero-order valence-corrected chi connectivity index (χ0v) is 20.1. The summed E-state index contributed by atoms with van der Waals surface area (Å²) in [6.07, 6.45) is 15.2. The molecule has 0 heterocycles. The second kappa shape index (κ2) is 8.03. The van der Waals surface area contributed by atoms with E-state index in [9.17, 15) is 15.3 Å². The standard InChI is InChI=1S/C27H48O3/c1-24(29,16-17-28)12-5-6-19-8-10-22-21-9-7-20-18-25(2,30)14-15-27(20,4)23(21)11-13-26(19,22)3/h19-23,28-30H,5-18H2,1-4H3/t19-,20-,21-,22-,23-,24+,25-,26+,27-/m0/s1. The first-order chi connectivity index (χ1) is 14.0. The summed E-state index contributed by atoms with van der Waals surface area (Å²) < 4.78 is 0. The molecule has 9 atom stereocenters. The van der Waals surface area contributed by atoms with Crippen molar-refractivity contribution >= 4 is 0 Å². The number of hydrogen-bond donors (Lipinski definition) is 3. The fraction of sp³-hybridized carbons (Fsp3) is 1.00. The molecule has 0 unspecified atom stereocenters. The van der Waals surface area contributed by atoms with Crippen LogP contribution in [0.15, 0.2) is 0 Å². The fourth-order valence-corrected chi connectivity index (χ4v) is 9.11. The third-order valence-electron chi connectivity index (χ3n) is 11.1. The molecule has 0 amide bonds. The lowest BCUT2D eigenvalue weighted by atomic mass is 9.44. The molecule has 4 rings (SSSR count). The highest BCUT2D eigenvalue weighted by atomic mass is 16.3. The van der Waals surface area contributed by atoms with Gasteiger partial charge in [0.15, 0.2) is 0 Å². The van der Waals surface area contributed by atoms with Gasteiger partial charge in [0.2, 0.25) is 0 Å². The molecule has 0 aromatic rings. The van der Waals surface area contributed by atoms with Crippen LogP contribution in [0.1, 0.15) is 111 Å². The normalized spacial score (nSPS) is 50.3. The van der Waals surface area contributed by atoms with Crippen molar-refractivity contribution in [1.82, 2.24) is 0 Å². The van der Waals surface area contributed by atoms with Crippen molar-refractivity contribution in [1.29, 1.82) is 0 Å². The summed E-state index contributed by atoms with van der Waals surface area (Å²) in [5.74, 6) is 4.19. The maximum absolute atomic E-state index is 10.7. The highest BCUT2D eigenvalue weighted by Gasteiger charge is 2.60. The number of aliphatic hydroxyl groups excluding tert-OH is 1. The second-order valence-corrected chi connectivity index (χ2v) is 13.0. The predicted octanol–water partition coefficient (Wildman–Crippen LogP) is 5.70. The first kappa shape index (κ1) is 23.1. The lowest BCUT2D eigenvalue weighted by molar-refractivity contribution is -0.146. The summed E-state index contributed by atoms with van der Waals surface area (Å²) in [7, 11) is 0. The topological polar surface area (TPSA) is 60.7 Å². The summed E-state index contributed by atoms with van der Waals surface area (Å²) in [6.45, 7) is 9.22. The summed E-state index contributed by atoms with van der Waals surface area (Å²) in [4.78, 5) is 0. The first-order valence-electron chi connectivity index (χ1n) is 13.1. The van der Waals surface area contributed by atoms with Gasteiger partial charge in [0, 0.05) is 6.61 Å². The SMILES string of the molecule is C[C@](O)(CCO)CCC[C@H]1CC[C@H]2[C@@H]3CC[C@H]4C[C@@](C)(O)CC[C@]4(C)[C@H]3CC[C@]12C. The average molecular weight is 421 g/mol. The molecule has 0 radical (unpaired) electrons. The Labute approximate surface area is 185 Å². The Bertz CT molecular complexity index is 613. The summed E-state index contributed by atoms with van der Waals surface area (Å²) in [5.41, 5.74) is -0.197. The number of fused-ring (bicyclic) bond motifs is 5. The summed E-state index contributed by atoms with van der Waals surface area (Å²) >= 11 is 0. The van der Waals surface area contributed by atoms with Crippen molar-refractivity contribution in [2.24, 2.45) is 40.4 Å². The smallest absolute Gasteiger partial charge is 0.0641 e. The quantitative estimate of drug-likeness (QED) is 0.516. The van der Waals surface area contributed by atoms with Crippen LogP contribution in [-0.2, 0) is 0 Å². The Hall–Kier alpha value is -0.120. The molecule has 4 aliphatic carbocycles. The Morgan fingerprint density at radius 2 is 1.60 bits per heavy atom. The molecule has 3 heteroatoms. The van der Waals surface area contributed by atoms with Gasteiger partial charge in [-0.2, -0.15) is 0 Å². The molecule has 0 spiro atoms. The Morgan fingerprint density at radius 3 is 2.33 bits per heavy atom. The maximum Gasteiger partial charge on any atom is 0.0641 e. The van der Waals surface area contributed by atoms with Crippen LogP contribution in [0, 0.1) is 40.4 Å². The van der Waals surface area contributed by atoms with Crippen LogP contribution in [0.2, 0.25) is 0 Å². The zero-order chi connectivity index (χ0) is 21.8. The maximum atomic E-state index is 10.7. The van der Waals surface area contributed by atoms with E-state index in [1.165, 1.54) is 51.4 Å². The molecule has 0 bridgehead atoms. The van der Waals surface area contributed by atoms with Gasteiger partial charge in [-0.1, -0.05) is 20.3 Å². The first-order valence-corrected chi connectivity index (χ1v) is 13.1. The summed E-state index contributed by atoms with van der Waals surface area (Å²) in [6, 6.07) is 0. The molecule has 4 fully saturated rings. The largest absolute Gasteiger partial charge is 0.396 e. The number of hydrogen-bond acceptors (Lipinski definition) is 3. The number of rotatable bonds is 6. The van der Waals surface area contributed by atoms with Gasteiger partial charge in [0.1, 0.15) is 0 Å². The van der Waals surface area contributed by atoms with Gasteiger partial charge < -0.3 is 15.3 Å². The van der Waals surface area contributed by atoms with Crippen molar-refractivity contribution in [3.63, 3.8) is 0 Å². The van der Waals surface area contributed by atoms with Crippen molar-refractivity contribution in [2.75, 3.05) is 6.61 Å². The lowest BCUT2D eigenvalue weighted by Crippen LogP contribution is -2.55. The van der Waals surface area contributed by atoms with Gasteiger partial charge in [0.05, 0.1) is 11.2 Å². The van der Waals surface area contributed by atoms with E-state index in [2.05, 4.69) is 20.8 Å². The van der Waals surface area contributed by atoms with E-state index < -0.39 is 11.2 Å². The Kier molecular flexibility index (Phi) is 6.17. The van der Waals surface area contributed by atoms with E-state index in [4.69, 9.17) is 0 Å². The van der Waals surface area contributed by atoms with Crippen LogP contribution in [0.4, 0.5) is 0 Å². The van der Waals surface area contributed by atoms with Crippen molar-refractivity contribution < 1.29 is 15.3 Å². The lowest BCUT2D eigenvalue weighted by Gasteiger charge is -2.62. The Morgan fingerprint density at radius 1 is 0.867 bits per heavy atom. The number of aliphatic hydroxyl groups is 3. The third-order valence-corrected chi connectivity index (χ3v) is 11.1. The third kappa shape index (κ3) is 4.01. The fourth-order valence-electron chi connectivity index (χ4n) is 9.11. The van der Waals surface area contributed by atoms with Crippen LogP contribution < -0.4 is 0 Å². The molecular formula is C27H48O3. The summed E-state index contributed by atoms with van der Waals surface area (Å²) in [5, 5.41) is 30.3. The van der Waals surface area contributed by atoms with Crippen LogP contribution in [0.25, 0.3) is 0 Å². The molecule has 0 aromatic carbocycles. The van der Waals surface area contributed by atoms with E-state index in [1.54, 1.807) is 0 Å². The van der Waals surface area contributed by atoms with Crippen molar-refractivity contribution in [3.05, 3.63) is 0 Å². The van der Waals surface area contributed by atoms with E-state index in [0.29, 0.717) is 17.3 Å². The van der Waals surface area contributed by atoms with Gasteiger partial charge in [-0.3, -0.25) is 0 Å². The second-order valence-electron chi connectivity index (χ2n) is 13.0. The van der Waals surface area contributed by atoms with Gasteiger partial charge in [0.25, 0.3) is 0 Å². The molecule has 3 N–H and O–H groups in total. The average Bonchev–Trinajstić information content (AvgIpc) is 2.99. The predicted molar refractivity (Wildman–Crippen MR) is 122 cm³/mol. The Balaban J connectivity index is 1.41. The molecule has 4 saturated carbocycles. The molecule has 4 aliphatic rings. The molecule has 0 saturated heterocycles. The molecule has 0 aliphatic heterocycles. The van der Waals surface area contributed by atoms with Crippen LogP contribution in [0.3, 0.4) is 0 Å². The van der Waals surface area contributed by atoms with E-state index in [0.717, 1.165) is 55.3 Å². The van der Waals surface area contributed by atoms with Gasteiger partial charge in [-0.15, -0.1) is 0 Å². The minimum absolute atomic E-state index is 0.0779. The molecule has 174 valence electrons. The van der Waals surface area contributed by atoms with E-state index in [1.807, 2.05) is 6.92 Å². The van der Waals surface area contributed by atoms with Crippen molar-refractivity contribution in [3.8, 4) is 0 Å². The van der Waals surface area contributed by atoms with Crippen LogP contribution in [0.5, 0.6) is 0 Å².